The van der Waals surface area contributed by atoms with E-state index in [4.69, 9.17) is 10.8 Å². The molecule has 0 aliphatic rings. The van der Waals surface area contributed by atoms with Gasteiger partial charge >= 0.3 is 5.97 Å². The number of carboxylic acid groups (broad SMARTS) is 1. The van der Waals surface area contributed by atoms with Crippen molar-refractivity contribution in [2.45, 2.75) is 0 Å². The average Bonchev–Trinajstić information content (AvgIpc) is 2.06. The molecule has 0 aliphatic carbocycles. The van der Waals surface area contributed by atoms with Crippen LogP contribution in [0.15, 0.2) is 30.1 Å². The molecule has 0 spiro atoms. The van der Waals surface area contributed by atoms with E-state index in [0.29, 0.717) is 5.69 Å². The standard InChI is InChI=1S/C8H8N2O2/c9-7(8(11)12)5-6-3-1-2-4-10-6/h1-5H,9H2,(H,11,12). The summed E-state index contributed by atoms with van der Waals surface area (Å²) in [5, 5.41) is 8.42. The zero-order chi connectivity index (χ0) is 8.97. The predicted octanol–water partition coefficient (Wildman–Crippen LogP) is 0.466. The van der Waals surface area contributed by atoms with Crippen molar-refractivity contribution in [1.29, 1.82) is 0 Å². The molecule has 12 heavy (non-hydrogen) atoms. The fourth-order valence-corrected chi connectivity index (χ4v) is 0.682. The van der Waals surface area contributed by atoms with Gasteiger partial charge in [0.25, 0.3) is 0 Å². The van der Waals surface area contributed by atoms with Gasteiger partial charge in [-0.25, -0.2) is 4.79 Å². The summed E-state index contributed by atoms with van der Waals surface area (Å²) < 4.78 is 0. The van der Waals surface area contributed by atoms with E-state index < -0.39 is 5.97 Å². The van der Waals surface area contributed by atoms with Crippen LogP contribution in [0.4, 0.5) is 0 Å². The SMILES string of the molecule is NC(=Cc1ccccn1)C(=O)O. The molecule has 0 radical (unpaired) electrons. The number of pyridine rings is 1. The van der Waals surface area contributed by atoms with Crippen molar-refractivity contribution in [3.8, 4) is 0 Å². The molecule has 0 fully saturated rings. The quantitative estimate of drug-likeness (QED) is 0.623. The molecule has 0 aromatic carbocycles. The molecule has 4 heteroatoms. The van der Waals surface area contributed by atoms with Crippen molar-refractivity contribution >= 4 is 12.0 Å². The van der Waals surface area contributed by atoms with E-state index in [1.165, 1.54) is 6.08 Å². The van der Waals surface area contributed by atoms with Crippen LogP contribution < -0.4 is 5.73 Å². The van der Waals surface area contributed by atoms with Crippen molar-refractivity contribution in [2.75, 3.05) is 0 Å². The molecule has 0 unspecified atom stereocenters. The lowest BCUT2D eigenvalue weighted by atomic mass is 10.3. The Kier molecular flexibility index (Phi) is 2.42. The number of nitrogens with two attached hydrogens (primary N) is 1. The summed E-state index contributed by atoms with van der Waals surface area (Å²) in [5.41, 5.74) is 5.50. The maximum Gasteiger partial charge on any atom is 0.351 e. The molecule has 0 bridgehead atoms. The van der Waals surface area contributed by atoms with Crippen molar-refractivity contribution in [3.05, 3.63) is 35.8 Å². The van der Waals surface area contributed by atoms with Crippen LogP contribution in [0.1, 0.15) is 5.69 Å². The van der Waals surface area contributed by atoms with Crippen LogP contribution in [-0.2, 0) is 4.79 Å². The number of aliphatic carboxylic acids is 1. The van der Waals surface area contributed by atoms with E-state index in [0.717, 1.165) is 0 Å². The highest BCUT2D eigenvalue weighted by Gasteiger charge is 1.99. The van der Waals surface area contributed by atoms with Crippen molar-refractivity contribution in [3.63, 3.8) is 0 Å². The summed E-state index contributed by atoms with van der Waals surface area (Å²) in [4.78, 5) is 14.2. The van der Waals surface area contributed by atoms with Gasteiger partial charge in [-0.1, -0.05) is 6.07 Å². The van der Waals surface area contributed by atoms with E-state index in [2.05, 4.69) is 4.98 Å². The summed E-state index contributed by atoms with van der Waals surface area (Å²) in [7, 11) is 0. The van der Waals surface area contributed by atoms with Gasteiger partial charge in [0.1, 0.15) is 5.70 Å². The maximum atomic E-state index is 10.3. The molecule has 62 valence electrons. The molecule has 1 aromatic heterocycles. The van der Waals surface area contributed by atoms with Crippen LogP contribution in [0.3, 0.4) is 0 Å². The minimum absolute atomic E-state index is 0.214. The minimum Gasteiger partial charge on any atom is -0.477 e. The molecule has 1 aromatic rings. The predicted molar refractivity (Wildman–Crippen MR) is 44.0 cm³/mol. The summed E-state index contributed by atoms with van der Waals surface area (Å²) in [6, 6.07) is 5.18. The molecule has 0 atom stereocenters. The number of aromatic nitrogens is 1. The second-order valence-corrected chi connectivity index (χ2v) is 2.16. The lowest BCUT2D eigenvalue weighted by Gasteiger charge is -1.93. The average molecular weight is 164 g/mol. The smallest absolute Gasteiger partial charge is 0.351 e. The molecule has 1 rings (SSSR count). The lowest BCUT2D eigenvalue weighted by molar-refractivity contribution is -0.132. The zero-order valence-electron chi connectivity index (χ0n) is 6.27. The van der Waals surface area contributed by atoms with Gasteiger partial charge in [-0.2, -0.15) is 0 Å². The van der Waals surface area contributed by atoms with E-state index in [1.807, 2.05) is 0 Å². The number of carbonyl (C=O) groups is 1. The van der Waals surface area contributed by atoms with Crippen LogP contribution >= 0.6 is 0 Å². The summed E-state index contributed by atoms with van der Waals surface area (Å²) in [5.74, 6) is -1.14. The Morgan fingerprint density at radius 3 is 2.83 bits per heavy atom. The topological polar surface area (TPSA) is 76.2 Å². The number of hydrogen-bond donors (Lipinski definition) is 2. The monoisotopic (exact) mass is 164 g/mol. The molecule has 0 saturated heterocycles. The highest BCUT2D eigenvalue weighted by molar-refractivity contribution is 5.90. The molecule has 4 nitrogen and oxygen atoms in total. The number of rotatable bonds is 2. The van der Waals surface area contributed by atoms with Crippen molar-refractivity contribution in [1.82, 2.24) is 4.98 Å². The Labute approximate surface area is 69.4 Å². The van der Waals surface area contributed by atoms with Crippen molar-refractivity contribution in [2.24, 2.45) is 5.73 Å². The third kappa shape index (κ3) is 2.09. The molecule has 3 N–H and O–H groups in total. The fraction of sp³-hybridized carbons (Fsp3) is 0. The van der Waals surface area contributed by atoms with Gasteiger partial charge in [0, 0.05) is 6.20 Å². The lowest BCUT2D eigenvalue weighted by Crippen LogP contribution is -2.09. The van der Waals surface area contributed by atoms with Crippen LogP contribution in [0.25, 0.3) is 6.08 Å². The summed E-state index contributed by atoms with van der Waals surface area (Å²) in [6.07, 6.45) is 2.88. The van der Waals surface area contributed by atoms with Gasteiger partial charge in [-0.3, -0.25) is 4.98 Å². The number of hydrogen-bond acceptors (Lipinski definition) is 3. The van der Waals surface area contributed by atoms with Crippen LogP contribution in [0, 0.1) is 0 Å². The van der Waals surface area contributed by atoms with E-state index in [-0.39, 0.29) is 5.70 Å². The Morgan fingerprint density at radius 1 is 1.58 bits per heavy atom. The molecule has 0 aliphatic heterocycles. The van der Waals surface area contributed by atoms with Gasteiger partial charge in [0.05, 0.1) is 5.69 Å². The molecular weight excluding hydrogens is 156 g/mol. The second-order valence-electron chi connectivity index (χ2n) is 2.16. The fourth-order valence-electron chi connectivity index (χ4n) is 0.682. The molecule has 0 amide bonds. The van der Waals surface area contributed by atoms with Gasteiger partial charge in [0.2, 0.25) is 0 Å². The van der Waals surface area contributed by atoms with Gasteiger partial charge in [-0.05, 0) is 18.2 Å². The highest BCUT2D eigenvalue weighted by Crippen LogP contribution is 1.98. The van der Waals surface area contributed by atoms with Gasteiger partial charge in [-0.15, -0.1) is 0 Å². The van der Waals surface area contributed by atoms with Gasteiger partial charge in [0.15, 0.2) is 0 Å². The first-order valence-electron chi connectivity index (χ1n) is 3.31. The van der Waals surface area contributed by atoms with Crippen molar-refractivity contribution < 1.29 is 9.90 Å². The second kappa shape index (κ2) is 3.52. The Hall–Kier alpha value is -1.84. The normalized spacial score (nSPS) is 11.2. The Balaban J connectivity index is 2.89. The first-order valence-corrected chi connectivity index (χ1v) is 3.31. The number of carboxylic acids is 1. The Morgan fingerprint density at radius 2 is 2.33 bits per heavy atom. The molecular formula is C8H8N2O2. The Bertz CT molecular complexity index is 306. The van der Waals surface area contributed by atoms with E-state index in [9.17, 15) is 4.79 Å². The summed E-state index contributed by atoms with van der Waals surface area (Å²) in [6.45, 7) is 0. The maximum absolute atomic E-state index is 10.3. The van der Waals surface area contributed by atoms with Gasteiger partial charge < -0.3 is 10.8 Å². The zero-order valence-corrected chi connectivity index (χ0v) is 6.27. The third-order valence-corrected chi connectivity index (χ3v) is 1.24. The van der Waals surface area contributed by atoms with Crippen LogP contribution in [-0.4, -0.2) is 16.1 Å². The van der Waals surface area contributed by atoms with Crippen LogP contribution in [0.2, 0.25) is 0 Å². The minimum atomic E-state index is -1.14. The number of nitrogens with zero attached hydrogens (tertiary/aromatic N) is 1. The molecule has 0 saturated carbocycles. The first-order chi connectivity index (χ1) is 5.70. The highest BCUT2D eigenvalue weighted by atomic mass is 16.4. The van der Waals surface area contributed by atoms with E-state index >= 15 is 0 Å². The third-order valence-electron chi connectivity index (χ3n) is 1.24. The largest absolute Gasteiger partial charge is 0.477 e. The van der Waals surface area contributed by atoms with Crippen LogP contribution in [0.5, 0.6) is 0 Å². The molecule has 1 heterocycles. The van der Waals surface area contributed by atoms with E-state index in [1.54, 1.807) is 24.4 Å². The first kappa shape index (κ1) is 8.26. The summed E-state index contributed by atoms with van der Waals surface area (Å²) >= 11 is 0.